The molecule has 0 N–H and O–H groups in total. The van der Waals surface area contributed by atoms with Gasteiger partial charge in [-0.05, 0) is 13.8 Å². The molecule has 0 bridgehead atoms. The van der Waals surface area contributed by atoms with Crippen LogP contribution in [0.1, 0.15) is 20.3 Å². The highest BCUT2D eigenvalue weighted by Gasteiger charge is 2.26. The van der Waals surface area contributed by atoms with E-state index in [4.69, 9.17) is 0 Å². The largest absolute Gasteiger partial charge is 0.395 e. The van der Waals surface area contributed by atoms with Gasteiger partial charge in [-0.2, -0.15) is 0 Å². The smallest absolute Gasteiger partial charge is 0.324 e. The molecular weight excluding hydrogens is 176 g/mol. The van der Waals surface area contributed by atoms with Crippen LogP contribution in [0.15, 0.2) is 0 Å². The minimum absolute atomic E-state index is 0.0571. The van der Waals surface area contributed by atoms with Gasteiger partial charge in [0.05, 0.1) is 0 Å². The Bertz CT molecular complexity index is 243. The molecule has 0 aliphatic carbocycles. The van der Waals surface area contributed by atoms with Crippen molar-refractivity contribution in [3.8, 4) is 0 Å². The van der Waals surface area contributed by atoms with Crippen molar-refractivity contribution >= 4 is 24.0 Å². The lowest BCUT2D eigenvalue weighted by molar-refractivity contribution is -0.157. The Hall–Kier alpha value is -1.52. The summed E-state index contributed by atoms with van der Waals surface area (Å²) in [5.74, 6) is -2.91. The predicted octanol–water partition coefficient (Wildman–Crippen LogP) is -0.130. The van der Waals surface area contributed by atoms with Gasteiger partial charge in [0.25, 0.3) is 0 Å². The lowest BCUT2D eigenvalue weighted by atomic mass is 9.99. The summed E-state index contributed by atoms with van der Waals surface area (Å²) in [7, 11) is 0. The molecule has 0 rings (SSSR count). The van der Waals surface area contributed by atoms with E-state index in [1.54, 1.807) is 0 Å². The van der Waals surface area contributed by atoms with E-state index in [0.717, 1.165) is 0 Å². The third-order valence-corrected chi connectivity index (χ3v) is 1.43. The van der Waals surface area contributed by atoms with E-state index in [-0.39, 0.29) is 18.7 Å². The molecule has 13 heavy (non-hydrogen) atoms. The number of ether oxygens (including phenoxy) is 1. The van der Waals surface area contributed by atoms with Crippen LogP contribution >= 0.6 is 0 Å². The fourth-order valence-electron chi connectivity index (χ4n) is 0.810. The average Bonchev–Trinajstić information content (AvgIpc) is 1.99. The van der Waals surface area contributed by atoms with E-state index in [1.807, 2.05) is 0 Å². The lowest BCUT2D eigenvalue weighted by Gasteiger charge is -2.07. The highest BCUT2D eigenvalue weighted by atomic mass is 16.6. The standard InChI is InChI=1S/C8H10O5/c1-5(10)3-7(6(2)11)8(12)13-4-9/h4,7H,3H2,1-2H3. The SMILES string of the molecule is CC(=O)CC(C(C)=O)C(=O)OC=O. The second-order valence-electron chi connectivity index (χ2n) is 2.60. The number of Topliss-reactive ketones (excluding diaryl/α,β-unsaturated/α-hetero) is 2. The maximum absolute atomic E-state index is 10.9. The van der Waals surface area contributed by atoms with Gasteiger partial charge in [-0.1, -0.05) is 0 Å². The third-order valence-electron chi connectivity index (χ3n) is 1.43. The van der Waals surface area contributed by atoms with Crippen molar-refractivity contribution in [2.24, 2.45) is 5.92 Å². The van der Waals surface area contributed by atoms with Crippen LogP contribution in [0.5, 0.6) is 0 Å². The van der Waals surface area contributed by atoms with Crippen LogP contribution in [-0.2, 0) is 23.9 Å². The Morgan fingerprint density at radius 1 is 1.31 bits per heavy atom. The Balaban J connectivity index is 4.41. The fraction of sp³-hybridized carbons (Fsp3) is 0.500. The van der Waals surface area contributed by atoms with Crippen molar-refractivity contribution in [2.75, 3.05) is 0 Å². The zero-order chi connectivity index (χ0) is 10.4. The molecule has 1 unspecified atom stereocenters. The van der Waals surface area contributed by atoms with Gasteiger partial charge in [0.2, 0.25) is 0 Å². The van der Waals surface area contributed by atoms with Crippen molar-refractivity contribution in [3.63, 3.8) is 0 Å². The van der Waals surface area contributed by atoms with Crippen LogP contribution in [0.25, 0.3) is 0 Å². The van der Waals surface area contributed by atoms with Crippen molar-refractivity contribution in [1.82, 2.24) is 0 Å². The molecule has 0 aliphatic heterocycles. The minimum atomic E-state index is -1.15. The monoisotopic (exact) mass is 186 g/mol. The molecule has 0 amide bonds. The number of ketones is 2. The van der Waals surface area contributed by atoms with Crippen LogP contribution in [0, 0.1) is 5.92 Å². The molecule has 0 radical (unpaired) electrons. The third kappa shape index (κ3) is 4.15. The molecule has 0 heterocycles. The van der Waals surface area contributed by atoms with Gasteiger partial charge < -0.3 is 4.74 Å². The lowest BCUT2D eigenvalue weighted by Crippen LogP contribution is -2.25. The van der Waals surface area contributed by atoms with Crippen molar-refractivity contribution < 1.29 is 23.9 Å². The first-order valence-corrected chi connectivity index (χ1v) is 3.63. The van der Waals surface area contributed by atoms with Gasteiger partial charge in [-0.3, -0.25) is 19.2 Å². The van der Waals surface area contributed by atoms with Gasteiger partial charge in [-0.25, -0.2) is 0 Å². The predicted molar refractivity (Wildman–Crippen MR) is 41.6 cm³/mol. The van der Waals surface area contributed by atoms with Crippen LogP contribution in [0.3, 0.4) is 0 Å². The molecule has 0 fully saturated rings. The topological polar surface area (TPSA) is 77.5 Å². The number of hydrogen-bond donors (Lipinski definition) is 0. The summed E-state index contributed by atoms with van der Waals surface area (Å²) in [5.41, 5.74) is 0. The zero-order valence-electron chi connectivity index (χ0n) is 7.40. The molecule has 0 saturated carbocycles. The quantitative estimate of drug-likeness (QED) is 0.339. The molecule has 0 aromatic rings. The van der Waals surface area contributed by atoms with Crippen LogP contribution in [-0.4, -0.2) is 24.0 Å². The molecule has 0 aromatic carbocycles. The van der Waals surface area contributed by atoms with Crippen LogP contribution in [0.2, 0.25) is 0 Å². The number of esters is 1. The molecule has 72 valence electrons. The highest BCUT2D eigenvalue weighted by molar-refractivity contribution is 6.02. The summed E-state index contributed by atoms with van der Waals surface area (Å²) >= 11 is 0. The van der Waals surface area contributed by atoms with Crippen molar-refractivity contribution in [3.05, 3.63) is 0 Å². The van der Waals surface area contributed by atoms with Crippen LogP contribution < -0.4 is 0 Å². The molecule has 0 aliphatic rings. The molecule has 5 heteroatoms. The van der Waals surface area contributed by atoms with Gasteiger partial charge in [0.1, 0.15) is 17.5 Å². The van der Waals surface area contributed by atoms with E-state index in [2.05, 4.69) is 4.74 Å². The molecule has 5 nitrogen and oxygen atoms in total. The summed E-state index contributed by atoms with van der Waals surface area (Å²) in [4.78, 5) is 42.1. The first kappa shape index (κ1) is 11.5. The molecular formula is C8H10O5. The maximum atomic E-state index is 10.9. The van der Waals surface area contributed by atoms with Crippen LogP contribution in [0.4, 0.5) is 0 Å². The van der Waals surface area contributed by atoms with E-state index in [0.29, 0.717) is 0 Å². The fourth-order valence-corrected chi connectivity index (χ4v) is 0.810. The van der Waals surface area contributed by atoms with E-state index >= 15 is 0 Å². The normalized spacial score (nSPS) is 11.5. The molecule has 0 saturated heterocycles. The summed E-state index contributed by atoms with van der Waals surface area (Å²) in [6.45, 7) is 2.36. The second kappa shape index (κ2) is 5.18. The minimum Gasteiger partial charge on any atom is -0.395 e. The Morgan fingerprint density at radius 2 is 1.85 bits per heavy atom. The summed E-state index contributed by atoms with van der Waals surface area (Å²) in [6, 6.07) is 0. The first-order valence-electron chi connectivity index (χ1n) is 3.63. The van der Waals surface area contributed by atoms with E-state index in [1.165, 1.54) is 13.8 Å². The first-order chi connectivity index (χ1) is 5.99. The van der Waals surface area contributed by atoms with Crippen molar-refractivity contribution in [1.29, 1.82) is 0 Å². The molecule has 0 aromatic heterocycles. The van der Waals surface area contributed by atoms with Gasteiger partial charge >= 0.3 is 12.4 Å². The van der Waals surface area contributed by atoms with Crippen molar-refractivity contribution in [2.45, 2.75) is 20.3 Å². The zero-order valence-corrected chi connectivity index (χ0v) is 7.40. The number of rotatable bonds is 5. The summed E-state index contributed by atoms with van der Waals surface area (Å²) in [6.07, 6.45) is -0.220. The summed E-state index contributed by atoms with van der Waals surface area (Å²) < 4.78 is 3.97. The average molecular weight is 186 g/mol. The second-order valence-corrected chi connectivity index (χ2v) is 2.60. The van der Waals surface area contributed by atoms with Gasteiger partial charge in [0.15, 0.2) is 0 Å². The van der Waals surface area contributed by atoms with Gasteiger partial charge in [0, 0.05) is 6.42 Å². The summed E-state index contributed by atoms with van der Waals surface area (Å²) in [5, 5.41) is 0. The number of carbonyl (C=O) groups excluding carboxylic acids is 4. The van der Waals surface area contributed by atoms with Gasteiger partial charge in [-0.15, -0.1) is 0 Å². The highest BCUT2D eigenvalue weighted by Crippen LogP contribution is 2.07. The Morgan fingerprint density at radius 3 is 2.15 bits per heavy atom. The van der Waals surface area contributed by atoms with E-state index in [9.17, 15) is 19.2 Å². The maximum Gasteiger partial charge on any atom is 0.324 e. The number of carbonyl (C=O) groups is 4. The number of hydrogen-bond acceptors (Lipinski definition) is 5. The Kier molecular flexibility index (Phi) is 4.58. The Labute approximate surface area is 75.1 Å². The molecule has 0 spiro atoms. The van der Waals surface area contributed by atoms with E-state index < -0.39 is 17.7 Å². The molecule has 1 atom stereocenters.